The summed E-state index contributed by atoms with van der Waals surface area (Å²) in [5, 5.41) is 4.06. The van der Waals surface area contributed by atoms with Gasteiger partial charge in [-0.1, -0.05) is 0 Å². The first-order valence-electron chi connectivity index (χ1n) is 7.70. The number of rotatable bonds is 2. The predicted octanol–water partition coefficient (Wildman–Crippen LogP) is 3.22. The van der Waals surface area contributed by atoms with Gasteiger partial charge in [-0.05, 0) is 19.9 Å². The number of likely N-dealkylation sites (tertiary alicyclic amines) is 1. The van der Waals surface area contributed by atoms with Crippen LogP contribution in [0, 0.1) is 11.8 Å². The zero-order valence-corrected chi connectivity index (χ0v) is 13.0. The van der Waals surface area contributed by atoms with Crippen molar-refractivity contribution < 1.29 is 22.4 Å². The van der Waals surface area contributed by atoms with Crippen molar-refractivity contribution in [2.45, 2.75) is 44.6 Å². The van der Waals surface area contributed by atoms with E-state index in [-0.39, 0.29) is 19.1 Å². The van der Waals surface area contributed by atoms with Crippen LogP contribution in [0.1, 0.15) is 43.2 Å². The predicted molar refractivity (Wildman–Crippen MR) is 74.6 cm³/mol. The van der Waals surface area contributed by atoms with Crippen molar-refractivity contribution in [3.05, 3.63) is 18.0 Å². The van der Waals surface area contributed by atoms with E-state index in [0.29, 0.717) is 5.69 Å². The van der Waals surface area contributed by atoms with Gasteiger partial charge in [-0.2, -0.15) is 5.10 Å². The van der Waals surface area contributed by atoms with Crippen LogP contribution in [0.5, 0.6) is 0 Å². The summed E-state index contributed by atoms with van der Waals surface area (Å²) in [6.45, 7) is 3.01. The van der Waals surface area contributed by atoms with Gasteiger partial charge in [0.2, 0.25) is 5.92 Å². The van der Waals surface area contributed by atoms with E-state index >= 15 is 0 Å². The second-order valence-corrected chi connectivity index (χ2v) is 6.80. The van der Waals surface area contributed by atoms with Crippen LogP contribution in [0.15, 0.2) is 12.3 Å². The van der Waals surface area contributed by atoms with Crippen LogP contribution in [-0.4, -0.2) is 45.5 Å². The molecule has 2 bridgehead atoms. The zero-order chi connectivity index (χ0) is 17.0. The molecule has 0 spiro atoms. The number of hydrogen-bond donors (Lipinski definition) is 0. The lowest BCUT2D eigenvalue weighted by molar-refractivity contribution is -0.222. The van der Waals surface area contributed by atoms with Crippen molar-refractivity contribution in [1.29, 1.82) is 0 Å². The first kappa shape index (κ1) is 16.3. The maximum atomic E-state index is 14.2. The number of fused-ring (bicyclic) bond motifs is 2. The monoisotopic (exact) mass is 333 g/mol. The molecule has 0 N–H and O–H groups in total. The van der Waals surface area contributed by atoms with E-state index < -0.39 is 42.4 Å². The fourth-order valence-corrected chi connectivity index (χ4v) is 3.61. The number of alkyl halides is 4. The van der Waals surface area contributed by atoms with Crippen molar-refractivity contribution >= 4 is 5.91 Å². The highest BCUT2D eigenvalue weighted by atomic mass is 19.3. The molecule has 2 unspecified atom stereocenters. The number of nitrogens with zero attached hydrogens (tertiary/aromatic N) is 3. The molecule has 0 aromatic carbocycles. The van der Waals surface area contributed by atoms with Crippen LogP contribution in [0.2, 0.25) is 0 Å². The average Bonchev–Trinajstić information content (AvgIpc) is 2.89. The molecule has 2 heterocycles. The van der Waals surface area contributed by atoms with E-state index in [4.69, 9.17) is 0 Å². The molecule has 1 aromatic rings. The van der Waals surface area contributed by atoms with Gasteiger partial charge in [0.05, 0.1) is 0 Å². The van der Waals surface area contributed by atoms with Crippen LogP contribution in [0.4, 0.5) is 17.6 Å². The molecule has 0 radical (unpaired) electrons. The third kappa shape index (κ3) is 2.72. The van der Waals surface area contributed by atoms with E-state index in [0.717, 1.165) is 0 Å². The summed E-state index contributed by atoms with van der Waals surface area (Å²) in [6.07, 6.45) is -0.270. The summed E-state index contributed by atoms with van der Waals surface area (Å²) >= 11 is 0. The molecule has 2 fully saturated rings. The number of carbonyl (C=O) groups excluding carboxylic acids is 1. The Morgan fingerprint density at radius 2 is 1.78 bits per heavy atom. The second-order valence-electron chi connectivity index (χ2n) is 6.80. The van der Waals surface area contributed by atoms with Gasteiger partial charge in [-0.25, -0.2) is 17.6 Å². The van der Waals surface area contributed by atoms with Gasteiger partial charge in [0.1, 0.15) is 5.69 Å². The minimum Gasteiger partial charge on any atom is -0.336 e. The van der Waals surface area contributed by atoms with Crippen molar-refractivity contribution in [1.82, 2.24) is 14.7 Å². The second kappa shape index (κ2) is 5.21. The van der Waals surface area contributed by atoms with Crippen LogP contribution >= 0.6 is 0 Å². The molecule has 1 aromatic heterocycles. The fourth-order valence-electron chi connectivity index (χ4n) is 3.61. The summed E-state index contributed by atoms with van der Waals surface area (Å²) in [4.78, 5) is 13.9. The van der Waals surface area contributed by atoms with Gasteiger partial charge in [0.15, 0.2) is 0 Å². The van der Waals surface area contributed by atoms with Crippen LogP contribution in [0.25, 0.3) is 0 Å². The van der Waals surface area contributed by atoms with Crippen molar-refractivity contribution in [3.8, 4) is 0 Å². The SMILES string of the molecule is CC(C)n1nccc1C(=O)N1CC2CC(F)(F)CC(C1)C2(F)F. The highest BCUT2D eigenvalue weighted by Crippen LogP contribution is 2.52. The summed E-state index contributed by atoms with van der Waals surface area (Å²) in [5.74, 6) is -9.64. The maximum absolute atomic E-state index is 14.2. The minimum absolute atomic E-state index is 0.0565. The molecule has 3 rings (SSSR count). The summed E-state index contributed by atoms with van der Waals surface area (Å²) in [6, 6.07) is 1.47. The Hall–Kier alpha value is -1.60. The molecule has 2 aliphatic rings. The molecule has 1 amide bonds. The molecular weight excluding hydrogens is 314 g/mol. The van der Waals surface area contributed by atoms with Crippen LogP contribution < -0.4 is 0 Å². The molecule has 8 heteroatoms. The summed E-state index contributed by atoms with van der Waals surface area (Å²) in [5.41, 5.74) is 0.301. The minimum atomic E-state index is -3.14. The fraction of sp³-hybridized carbons (Fsp3) is 0.733. The molecule has 1 aliphatic carbocycles. The Morgan fingerprint density at radius 3 is 2.30 bits per heavy atom. The highest BCUT2D eigenvalue weighted by molar-refractivity contribution is 5.92. The first-order chi connectivity index (χ1) is 10.6. The Labute approximate surface area is 131 Å². The lowest BCUT2D eigenvalue weighted by Crippen LogP contribution is -2.60. The van der Waals surface area contributed by atoms with Crippen molar-refractivity contribution in [2.75, 3.05) is 13.1 Å². The number of aromatic nitrogens is 2. The molecular formula is C15H19F4N3O. The summed E-state index contributed by atoms with van der Waals surface area (Å²) in [7, 11) is 0. The van der Waals surface area contributed by atoms with Gasteiger partial charge >= 0.3 is 0 Å². The zero-order valence-electron chi connectivity index (χ0n) is 13.0. The number of amides is 1. The largest absolute Gasteiger partial charge is 0.336 e. The summed E-state index contributed by atoms with van der Waals surface area (Å²) < 4.78 is 57.0. The molecule has 1 saturated heterocycles. The van der Waals surface area contributed by atoms with E-state index in [9.17, 15) is 22.4 Å². The molecule has 23 heavy (non-hydrogen) atoms. The van der Waals surface area contributed by atoms with Gasteiger partial charge in [0, 0.05) is 50.0 Å². The molecule has 2 atom stereocenters. The smallest absolute Gasteiger partial charge is 0.272 e. The van der Waals surface area contributed by atoms with Crippen LogP contribution in [-0.2, 0) is 0 Å². The number of piperidine rings is 1. The lowest BCUT2D eigenvalue weighted by Gasteiger charge is -2.49. The topological polar surface area (TPSA) is 38.1 Å². The Balaban J connectivity index is 1.84. The average molecular weight is 333 g/mol. The number of hydrogen-bond acceptors (Lipinski definition) is 2. The number of carbonyl (C=O) groups is 1. The van der Waals surface area contributed by atoms with Gasteiger partial charge in [-0.3, -0.25) is 9.48 Å². The maximum Gasteiger partial charge on any atom is 0.272 e. The van der Waals surface area contributed by atoms with E-state index in [1.165, 1.54) is 21.8 Å². The van der Waals surface area contributed by atoms with Gasteiger partial charge < -0.3 is 4.90 Å². The van der Waals surface area contributed by atoms with Crippen molar-refractivity contribution in [2.24, 2.45) is 11.8 Å². The molecule has 4 nitrogen and oxygen atoms in total. The Kier molecular flexibility index (Phi) is 3.68. The normalized spacial score (nSPS) is 28.9. The van der Waals surface area contributed by atoms with E-state index in [2.05, 4.69) is 5.10 Å². The van der Waals surface area contributed by atoms with E-state index in [1.54, 1.807) is 0 Å². The van der Waals surface area contributed by atoms with Crippen molar-refractivity contribution in [3.63, 3.8) is 0 Å². The van der Waals surface area contributed by atoms with Gasteiger partial charge in [-0.15, -0.1) is 0 Å². The highest BCUT2D eigenvalue weighted by Gasteiger charge is 2.61. The molecule has 128 valence electrons. The van der Waals surface area contributed by atoms with Crippen LogP contribution in [0.3, 0.4) is 0 Å². The lowest BCUT2D eigenvalue weighted by atomic mass is 9.72. The van der Waals surface area contributed by atoms with E-state index in [1.807, 2.05) is 13.8 Å². The first-order valence-corrected chi connectivity index (χ1v) is 7.70. The third-order valence-corrected chi connectivity index (χ3v) is 4.73. The molecule has 1 aliphatic heterocycles. The van der Waals surface area contributed by atoms with Gasteiger partial charge in [0.25, 0.3) is 11.8 Å². The Bertz CT molecular complexity index is 594. The quantitative estimate of drug-likeness (QED) is 0.780. The molecule has 1 saturated carbocycles. The third-order valence-electron chi connectivity index (χ3n) is 4.73. The standard InChI is InChI=1S/C15H19F4N3O/c1-9(2)22-12(3-4-20-22)13(23)21-7-10-5-14(16,17)6-11(8-21)15(10,18)19/h3-4,9-11H,5-8H2,1-2H3. The number of halogens is 4. The Morgan fingerprint density at radius 1 is 1.22 bits per heavy atom.